The van der Waals surface area contributed by atoms with Gasteiger partial charge >= 0.3 is 0 Å². The number of amides is 1. The molecule has 0 spiro atoms. The van der Waals surface area contributed by atoms with Crippen LogP contribution < -0.4 is 5.56 Å². The molecular formula is C23H23N5O2. The van der Waals surface area contributed by atoms with Gasteiger partial charge in [0.2, 0.25) is 0 Å². The van der Waals surface area contributed by atoms with Crippen molar-refractivity contribution < 1.29 is 4.79 Å². The zero-order chi connectivity index (χ0) is 21.4. The van der Waals surface area contributed by atoms with E-state index in [4.69, 9.17) is 0 Å². The molecule has 0 atom stereocenters. The summed E-state index contributed by atoms with van der Waals surface area (Å²) in [4.78, 5) is 36.7. The molecule has 2 aromatic heterocycles. The summed E-state index contributed by atoms with van der Waals surface area (Å²) in [6.45, 7) is 5.91. The third-order valence-electron chi connectivity index (χ3n) is 5.09. The summed E-state index contributed by atoms with van der Waals surface area (Å²) in [6.07, 6.45) is 0. The fraction of sp³-hybridized carbons (Fsp3) is 0.261. The lowest BCUT2D eigenvalue weighted by Crippen LogP contribution is -2.33. The van der Waals surface area contributed by atoms with Crippen molar-refractivity contribution in [3.63, 3.8) is 0 Å². The van der Waals surface area contributed by atoms with Crippen molar-refractivity contribution in [2.24, 2.45) is 0 Å². The minimum atomic E-state index is -0.282. The number of nitrogens with zero attached hydrogens (tertiary/aromatic N) is 5. The summed E-state index contributed by atoms with van der Waals surface area (Å²) in [7, 11) is 1.69. The Morgan fingerprint density at radius 3 is 2.33 bits per heavy atom. The van der Waals surface area contributed by atoms with E-state index in [9.17, 15) is 9.59 Å². The van der Waals surface area contributed by atoms with Crippen molar-refractivity contribution >= 4 is 27.6 Å². The molecule has 0 saturated heterocycles. The molecule has 2 heterocycles. The van der Waals surface area contributed by atoms with Crippen LogP contribution in [0.2, 0.25) is 0 Å². The third-order valence-corrected chi connectivity index (χ3v) is 5.09. The second-order valence-corrected chi connectivity index (χ2v) is 7.64. The minimum Gasteiger partial charge on any atom is -0.333 e. The van der Waals surface area contributed by atoms with Gasteiger partial charge in [0, 0.05) is 23.5 Å². The van der Waals surface area contributed by atoms with Crippen molar-refractivity contribution in [3.05, 3.63) is 76.1 Å². The molecule has 0 aliphatic heterocycles. The minimum absolute atomic E-state index is 0.162. The Morgan fingerprint density at radius 1 is 1.00 bits per heavy atom. The largest absolute Gasteiger partial charge is 0.333 e. The molecule has 0 saturated carbocycles. The van der Waals surface area contributed by atoms with E-state index in [2.05, 4.69) is 15.1 Å². The molecule has 0 aliphatic rings. The number of rotatable bonds is 4. The molecule has 0 fully saturated rings. The molecule has 0 unspecified atom stereocenters. The number of para-hydroxylation sites is 1. The third kappa shape index (κ3) is 3.43. The van der Waals surface area contributed by atoms with Crippen molar-refractivity contribution in [1.82, 2.24) is 24.6 Å². The Hall–Kier alpha value is -3.61. The summed E-state index contributed by atoms with van der Waals surface area (Å²) >= 11 is 0. The zero-order valence-corrected chi connectivity index (χ0v) is 17.5. The SMILES string of the molecule is Cc1nc(CN(C)C(=O)c2nn(C(C)C)c(=O)c3ccccc23)nc2ccccc12. The van der Waals surface area contributed by atoms with Gasteiger partial charge in [0.15, 0.2) is 5.69 Å². The molecule has 7 nitrogen and oxygen atoms in total. The molecule has 4 aromatic rings. The molecule has 2 aromatic carbocycles. The van der Waals surface area contributed by atoms with Gasteiger partial charge in [-0.3, -0.25) is 9.59 Å². The van der Waals surface area contributed by atoms with Crippen LogP contribution in [0.25, 0.3) is 21.7 Å². The van der Waals surface area contributed by atoms with Crippen LogP contribution >= 0.6 is 0 Å². The first-order valence-electron chi connectivity index (χ1n) is 9.86. The van der Waals surface area contributed by atoms with E-state index >= 15 is 0 Å². The lowest BCUT2D eigenvalue weighted by atomic mass is 10.1. The number of hydrogen-bond donors (Lipinski definition) is 0. The average Bonchev–Trinajstić information content (AvgIpc) is 2.73. The lowest BCUT2D eigenvalue weighted by molar-refractivity contribution is 0.0775. The summed E-state index contributed by atoms with van der Waals surface area (Å²) < 4.78 is 1.36. The molecule has 1 amide bonds. The highest BCUT2D eigenvalue weighted by Crippen LogP contribution is 2.18. The maximum Gasteiger partial charge on any atom is 0.275 e. The number of carbonyl (C=O) groups is 1. The van der Waals surface area contributed by atoms with Crippen LogP contribution in [0.3, 0.4) is 0 Å². The summed E-state index contributed by atoms with van der Waals surface area (Å²) in [5, 5.41) is 6.42. The molecule has 0 aliphatic carbocycles. The molecule has 7 heteroatoms. The first-order chi connectivity index (χ1) is 14.4. The van der Waals surface area contributed by atoms with Gasteiger partial charge in [0.25, 0.3) is 11.5 Å². The Morgan fingerprint density at radius 2 is 1.63 bits per heavy atom. The van der Waals surface area contributed by atoms with Gasteiger partial charge in [0.05, 0.1) is 23.5 Å². The second kappa shape index (κ2) is 7.67. The van der Waals surface area contributed by atoms with Crippen LogP contribution in [0.4, 0.5) is 0 Å². The molecule has 0 N–H and O–H groups in total. The molecule has 4 rings (SSSR count). The zero-order valence-electron chi connectivity index (χ0n) is 17.5. The number of benzene rings is 2. The molecular weight excluding hydrogens is 378 g/mol. The average molecular weight is 401 g/mol. The van der Waals surface area contributed by atoms with Gasteiger partial charge in [-0.05, 0) is 32.9 Å². The van der Waals surface area contributed by atoms with Crippen LogP contribution in [-0.2, 0) is 6.54 Å². The van der Waals surface area contributed by atoms with Gasteiger partial charge < -0.3 is 4.90 Å². The normalized spacial score (nSPS) is 11.4. The number of fused-ring (bicyclic) bond motifs is 2. The lowest BCUT2D eigenvalue weighted by Gasteiger charge is -2.19. The van der Waals surface area contributed by atoms with E-state index in [1.54, 1.807) is 31.3 Å². The van der Waals surface area contributed by atoms with E-state index < -0.39 is 0 Å². The molecule has 0 radical (unpaired) electrons. The summed E-state index contributed by atoms with van der Waals surface area (Å²) in [6, 6.07) is 14.7. The standard InChI is InChI=1S/C23H23N5O2/c1-14(2)28-22(29)18-11-6-5-10-17(18)21(26-28)23(30)27(4)13-20-24-15(3)16-9-7-8-12-19(16)25-20/h5-12,14H,13H2,1-4H3. The van der Waals surface area contributed by atoms with E-state index in [-0.39, 0.29) is 29.7 Å². The van der Waals surface area contributed by atoms with Crippen LogP contribution in [-0.4, -0.2) is 37.6 Å². The summed E-state index contributed by atoms with van der Waals surface area (Å²) in [5.41, 5.74) is 1.76. The quantitative estimate of drug-likeness (QED) is 0.523. The fourth-order valence-corrected chi connectivity index (χ4v) is 3.54. The predicted molar refractivity (Wildman–Crippen MR) is 116 cm³/mol. The second-order valence-electron chi connectivity index (χ2n) is 7.64. The van der Waals surface area contributed by atoms with Crippen molar-refractivity contribution in [1.29, 1.82) is 0 Å². The van der Waals surface area contributed by atoms with Crippen LogP contribution in [0.15, 0.2) is 53.3 Å². The van der Waals surface area contributed by atoms with Gasteiger partial charge in [-0.2, -0.15) is 5.10 Å². The van der Waals surface area contributed by atoms with E-state index in [0.717, 1.165) is 16.6 Å². The Bertz CT molecular complexity index is 1330. The fourth-order valence-electron chi connectivity index (χ4n) is 3.54. The first kappa shape index (κ1) is 19.7. The van der Waals surface area contributed by atoms with E-state index in [1.807, 2.05) is 45.0 Å². The van der Waals surface area contributed by atoms with Crippen LogP contribution in [0, 0.1) is 6.92 Å². The maximum absolute atomic E-state index is 13.3. The predicted octanol–water partition coefficient (Wildman–Crippen LogP) is 3.50. The van der Waals surface area contributed by atoms with Crippen LogP contribution in [0.5, 0.6) is 0 Å². The highest BCUT2D eigenvalue weighted by Gasteiger charge is 2.21. The Labute approximate surface area is 174 Å². The topological polar surface area (TPSA) is 81.0 Å². The number of aromatic nitrogens is 4. The first-order valence-corrected chi connectivity index (χ1v) is 9.86. The van der Waals surface area contributed by atoms with E-state index in [1.165, 1.54) is 9.58 Å². The van der Waals surface area contributed by atoms with Crippen molar-refractivity contribution in [3.8, 4) is 0 Å². The van der Waals surface area contributed by atoms with Crippen molar-refractivity contribution in [2.45, 2.75) is 33.4 Å². The van der Waals surface area contributed by atoms with Gasteiger partial charge in [-0.1, -0.05) is 36.4 Å². The Balaban J connectivity index is 1.74. The number of aryl methyl sites for hydroxylation is 1. The van der Waals surface area contributed by atoms with Gasteiger partial charge in [-0.15, -0.1) is 0 Å². The van der Waals surface area contributed by atoms with Gasteiger partial charge in [-0.25, -0.2) is 14.6 Å². The monoisotopic (exact) mass is 401 g/mol. The molecule has 152 valence electrons. The Kier molecular flexibility index (Phi) is 5.03. The maximum atomic E-state index is 13.3. The summed E-state index contributed by atoms with van der Waals surface area (Å²) in [5.74, 6) is 0.276. The van der Waals surface area contributed by atoms with Crippen LogP contribution in [0.1, 0.15) is 41.9 Å². The van der Waals surface area contributed by atoms with Gasteiger partial charge in [0.1, 0.15) is 5.82 Å². The van der Waals surface area contributed by atoms with Crippen molar-refractivity contribution in [2.75, 3.05) is 7.05 Å². The highest BCUT2D eigenvalue weighted by atomic mass is 16.2. The highest BCUT2D eigenvalue weighted by molar-refractivity contribution is 6.04. The van der Waals surface area contributed by atoms with E-state index in [0.29, 0.717) is 16.6 Å². The smallest absolute Gasteiger partial charge is 0.275 e. The number of carbonyl (C=O) groups excluding carboxylic acids is 1. The molecule has 30 heavy (non-hydrogen) atoms. The molecule has 0 bridgehead atoms. The number of hydrogen-bond acceptors (Lipinski definition) is 5.